The van der Waals surface area contributed by atoms with Gasteiger partial charge in [0, 0.05) is 16.4 Å². The molecular formula is C74H76O8. The van der Waals surface area contributed by atoms with Crippen molar-refractivity contribution >= 4 is 34.5 Å². The lowest BCUT2D eigenvalue weighted by Crippen LogP contribution is -2.41. The molecular weight excluding hydrogens is 1020 g/mol. The summed E-state index contributed by atoms with van der Waals surface area (Å²) in [7, 11) is 1.71. The maximum absolute atomic E-state index is 13.9. The second-order valence-corrected chi connectivity index (χ2v) is 25.7. The molecule has 8 nitrogen and oxygen atoms in total. The Labute approximate surface area is 484 Å². The van der Waals surface area contributed by atoms with Gasteiger partial charge in [-0.25, -0.2) is 14.4 Å². The molecule has 420 valence electrons. The number of hydrogen-bond acceptors (Lipinski definition) is 8. The van der Waals surface area contributed by atoms with Crippen molar-refractivity contribution in [1.82, 2.24) is 0 Å². The lowest BCUT2D eigenvalue weighted by Gasteiger charge is -2.49. The van der Waals surface area contributed by atoms with Crippen LogP contribution < -0.4 is 18.9 Å². The van der Waals surface area contributed by atoms with Crippen molar-refractivity contribution in [2.45, 2.75) is 126 Å². The number of ether oxygens (including phenoxy) is 4. The molecule has 2 fully saturated rings. The second-order valence-electron chi connectivity index (χ2n) is 25.7. The molecule has 4 unspecified atom stereocenters. The first kappa shape index (κ1) is 57.1. The van der Waals surface area contributed by atoms with Gasteiger partial charge in [-0.3, -0.25) is 4.79 Å². The fourth-order valence-corrected chi connectivity index (χ4v) is 14.4. The van der Waals surface area contributed by atoms with E-state index >= 15 is 0 Å². The van der Waals surface area contributed by atoms with Crippen molar-refractivity contribution < 1.29 is 38.1 Å². The monoisotopic (exact) mass is 1090 g/mol. The molecule has 0 bridgehead atoms. The van der Waals surface area contributed by atoms with Crippen LogP contribution in [0.15, 0.2) is 158 Å². The van der Waals surface area contributed by atoms with E-state index in [0.29, 0.717) is 51.3 Å². The zero-order valence-corrected chi connectivity index (χ0v) is 49.7. The molecule has 8 aromatic rings. The Morgan fingerprint density at radius 2 is 0.707 bits per heavy atom. The number of methoxy groups -OCH3 is 1. The number of esters is 3. The van der Waals surface area contributed by atoms with Crippen LogP contribution in [0.1, 0.15) is 173 Å². The van der Waals surface area contributed by atoms with E-state index in [2.05, 4.69) is 103 Å². The molecule has 0 N–H and O–H groups in total. The third-order valence-corrected chi connectivity index (χ3v) is 17.6. The quantitative estimate of drug-likeness (QED) is 0.0639. The van der Waals surface area contributed by atoms with Gasteiger partial charge in [0.05, 0.1) is 23.8 Å². The van der Waals surface area contributed by atoms with Gasteiger partial charge in [0.25, 0.3) is 0 Å². The van der Waals surface area contributed by atoms with Crippen LogP contribution in [-0.4, -0.2) is 30.8 Å². The van der Waals surface area contributed by atoms with Crippen LogP contribution in [0.5, 0.6) is 23.0 Å². The maximum atomic E-state index is 13.9. The Hall–Kier alpha value is -8.10. The van der Waals surface area contributed by atoms with Gasteiger partial charge in [0.15, 0.2) is 5.78 Å². The van der Waals surface area contributed by atoms with E-state index in [0.717, 1.165) is 99.6 Å². The minimum Gasteiger partial charge on any atom is -0.496 e. The standard InChI is InChI=1S/C74H76O8/c1-45-39-71(8,9)43-73(41-45,60-25-29-64(79-12)47(3)33-60)61-27-31-66(49(5)35-61)81-69(77)58-23-21-57-38-59(24-22-56(57)37-58)70(78)82-67-32-28-63(36-50(67)6)74(42-46(2)40-72(10,11)44-74)62-26-30-65(48(4)34-62)80-68(76)55-19-17-54(18-20-55)53-15-13-52(14-16-53)51(7)75/h13-38,45-46H,39-44H2,1-12H3. The molecule has 0 saturated heterocycles. The molecule has 0 aromatic heterocycles. The van der Waals surface area contributed by atoms with Crippen LogP contribution >= 0.6 is 0 Å². The van der Waals surface area contributed by atoms with Gasteiger partial charge in [-0.05, 0) is 223 Å². The minimum atomic E-state index is -0.477. The molecule has 0 heterocycles. The van der Waals surface area contributed by atoms with E-state index in [9.17, 15) is 19.2 Å². The first-order valence-corrected chi connectivity index (χ1v) is 28.8. The highest BCUT2D eigenvalue weighted by Gasteiger charge is 2.47. The fourth-order valence-electron chi connectivity index (χ4n) is 14.4. The normalized spacial score (nSPS) is 20.1. The Balaban J connectivity index is 0.829. The first-order valence-electron chi connectivity index (χ1n) is 28.8. The van der Waals surface area contributed by atoms with Crippen LogP contribution in [0.4, 0.5) is 0 Å². The predicted octanol–water partition coefficient (Wildman–Crippen LogP) is 17.9. The first-order chi connectivity index (χ1) is 38.9. The summed E-state index contributed by atoms with van der Waals surface area (Å²) in [6, 6.07) is 50.7. The molecule has 0 aliphatic heterocycles. The van der Waals surface area contributed by atoms with Crippen molar-refractivity contribution in [3.63, 3.8) is 0 Å². The van der Waals surface area contributed by atoms with Crippen molar-refractivity contribution in [1.29, 1.82) is 0 Å². The van der Waals surface area contributed by atoms with E-state index in [1.54, 1.807) is 50.4 Å². The summed E-state index contributed by atoms with van der Waals surface area (Å²) in [5.74, 6) is 1.98. The van der Waals surface area contributed by atoms with Crippen LogP contribution in [0.2, 0.25) is 0 Å². The summed E-state index contributed by atoms with van der Waals surface area (Å²) < 4.78 is 23.9. The highest BCUT2D eigenvalue weighted by Crippen LogP contribution is 2.56. The summed E-state index contributed by atoms with van der Waals surface area (Å²) in [4.78, 5) is 53.0. The highest BCUT2D eigenvalue weighted by atomic mass is 16.5. The summed E-state index contributed by atoms with van der Waals surface area (Å²) in [5, 5.41) is 1.58. The van der Waals surface area contributed by atoms with Crippen molar-refractivity contribution in [3.8, 4) is 34.1 Å². The number of ketones is 1. The molecule has 8 aromatic carbocycles. The Morgan fingerprint density at radius 3 is 1.02 bits per heavy atom. The minimum absolute atomic E-state index is 0.0146. The zero-order chi connectivity index (χ0) is 58.5. The summed E-state index contributed by atoms with van der Waals surface area (Å²) >= 11 is 0. The maximum Gasteiger partial charge on any atom is 0.343 e. The number of carbonyl (C=O) groups excluding carboxylic acids is 4. The van der Waals surface area contributed by atoms with Crippen LogP contribution in [0.25, 0.3) is 21.9 Å². The van der Waals surface area contributed by atoms with Crippen LogP contribution in [0, 0.1) is 50.4 Å². The van der Waals surface area contributed by atoms with E-state index in [1.165, 1.54) is 11.1 Å². The number of Topliss-reactive ketones (excluding diaryl/α,β-unsaturated/α-hetero) is 1. The van der Waals surface area contributed by atoms with Crippen LogP contribution in [-0.2, 0) is 10.8 Å². The molecule has 2 aliphatic carbocycles. The van der Waals surface area contributed by atoms with E-state index in [1.807, 2.05) is 87.5 Å². The summed E-state index contributed by atoms with van der Waals surface area (Å²) in [6.45, 7) is 23.7. The average Bonchev–Trinajstić information content (AvgIpc) is 3.17. The number of benzene rings is 8. The fraction of sp³-hybridized carbons (Fsp3) is 0.324. The number of rotatable bonds is 13. The van der Waals surface area contributed by atoms with E-state index in [4.69, 9.17) is 18.9 Å². The lowest BCUT2D eigenvalue weighted by atomic mass is 9.55. The van der Waals surface area contributed by atoms with Gasteiger partial charge in [0.2, 0.25) is 0 Å². The Kier molecular flexibility index (Phi) is 15.6. The van der Waals surface area contributed by atoms with Gasteiger partial charge < -0.3 is 18.9 Å². The Morgan fingerprint density at radius 1 is 0.390 bits per heavy atom. The average molecular weight is 1090 g/mol. The molecule has 2 saturated carbocycles. The molecule has 2 aliphatic rings. The number of fused-ring (bicyclic) bond motifs is 1. The molecule has 8 heteroatoms. The molecule has 10 rings (SSSR count). The van der Waals surface area contributed by atoms with Crippen molar-refractivity contribution in [2.75, 3.05) is 7.11 Å². The smallest absolute Gasteiger partial charge is 0.343 e. The van der Waals surface area contributed by atoms with Crippen molar-refractivity contribution in [3.05, 3.63) is 224 Å². The van der Waals surface area contributed by atoms with E-state index in [-0.39, 0.29) is 27.4 Å². The second kappa shape index (κ2) is 22.3. The molecule has 0 radical (unpaired) electrons. The number of carbonyl (C=O) groups is 4. The number of hydrogen-bond donors (Lipinski definition) is 0. The van der Waals surface area contributed by atoms with Crippen LogP contribution in [0.3, 0.4) is 0 Å². The van der Waals surface area contributed by atoms with Gasteiger partial charge in [-0.1, -0.05) is 139 Å². The lowest BCUT2D eigenvalue weighted by molar-refractivity contribution is 0.0723. The highest BCUT2D eigenvalue weighted by molar-refractivity contribution is 6.00. The Bertz CT molecular complexity index is 3790. The molecule has 82 heavy (non-hydrogen) atoms. The van der Waals surface area contributed by atoms with Gasteiger partial charge in [-0.2, -0.15) is 0 Å². The van der Waals surface area contributed by atoms with Gasteiger partial charge in [-0.15, -0.1) is 0 Å². The summed E-state index contributed by atoms with van der Waals surface area (Å²) in [5.41, 5.74) is 11.9. The molecule has 0 amide bonds. The van der Waals surface area contributed by atoms with Crippen molar-refractivity contribution in [2.24, 2.45) is 22.7 Å². The van der Waals surface area contributed by atoms with Gasteiger partial charge in [0.1, 0.15) is 23.0 Å². The number of aryl methyl sites for hydroxylation is 4. The predicted molar refractivity (Wildman–Crippen MR) is 327 cm³/mol. The topological polar surface area (TPSA) is 105 Å². The third-order valence-electron chi connectivity index (χ3n) is 17.6. The zero-order valence-electron chi connectivity index (χ0n) is 49.7. The SMILES string of the molecule is COc1ccc(C2(c3ccc(OC(=O)c4ccc5cc(C(=O)Oc6ccc(C7(c8ccc(OC(=O)c9ccc(-c%10ccc(C(C)=O)cc%10)cc9)c(C)c8)CC(C)CC(C)(C)C7)cc6C)ccc5c4)c(C)c3)CC(C)CC(C)(C)C2)cc1C. The third kappa shape index (κ3) is 11.7. The summed E-state index contributed by atoms with van der Waals surface area (Å²) in [6.07, 6.45) is 6.10. The molecule has 0 spiro atoms. The van der Waals surface area contributed by atoms with Gasteiger partial charge >= 0.3 is 17.9 Å². The largest absolute Gasteiger partial charge is 0.496 e. The molecule has 4 atom stereocenters. The van der Waals surface area contributed by atoms with E-state index < -0.39 is 17.9 Å².